The summed E-state index contributed by atoms with van der Waals surface area (Å²) in [5.74, 6) is 1.33. The number of methoxy groups -OCH3 is 2. The highest BCUT2D eigenvalue weighted by Gasteiger charge is 2.30. The van der Waals surface area contributed by atoms with Crippen molar-refractivity contribution in [1.82, 2.24) is 10.6 Å². The number of hydrogen-bond acceptors (Lipinski definition) is 6. The van der Waals surface area contributed by atoms with Crippen molar-refractivity contribution in [3.63, 3.8) is 0 Å². The van der Waals surface area contributed by atoms with E-state index in [9.17, 15) is 9.59 Å². The lowest BCUT2D eigenvalue weighted by atomic mass is 9.97. The van der Waals surface area contributed by atoms with Gasteiger partial charge in [-0.25, -0.2) is 4.79 Å². The highest BCUT2D eigenvalue weighted by atomic mass is 16.5. The number of rotatable bonds is 13. The molecule has 6 aromatic rings. The van der Waals surface area contributed by atoms with Crippen LogP contribution < -0.4 is 24.8 Å². The molecular weight excluding hydrogens is 689 g/mol. The van der Waals surface area contributed by atoms with Crippen LogP contribution in [0.4, 0.5) is 4.79 Å². The summed E-state index contributed by atoms with van der Waals surface area (Å²) in [6.07, 6.45) is -0.571. The van der Waals surface area contributed by atoms with Crippen LogP contribution in [-0.4, -0.2) is 39.4 Å². The zero-order valence-electron chi connectivity index (χ0n) is 31.4. The number of carbonyl (C=O) groups is 2. The highest BCUT2D eigenvalue weighted by Crippen LogP contribution is 2.44. The van der Waals surface area contributed by atoms with Crippen molar-refractivity contribution in [2.45, 2.75) is 31.8 Å². The number of alkyl carbamates (subject to hydrolysis) is 1. The molecule has 55 heavy (non-hydrogen) atoms. The van der Waals surface area contributed by atoms with Gasteiger partial charge in [0, 0.05) is 17.5 Å². The number of nitrogens with one attached hydrogen (secondary N) is 2. The maximum Gasteiger partial charge on any atom is 0.407 e. The predicted molar refractivity (Wildman–Crippen MR) is 214 cm³/mol. The second kappa shape index (κ2) is 16.6. The number of ether oxygens (including phenoxy) is 4. The van der Waals surface area contributed by atoms with E-state index in [4.69, 9.17) is 18.9 Å². The molecule has 0 spiro atoms. The highest BCUT2D eigenvalue weighted by molar-refractivity contribution is 5.80. The molecule has 1 atom stereocenters. The molecule has 1 unspecified atom stereocenters. The largest absolute Gasteiger partial charge is 0.497 e. The number of amides is 2. The molecular formula is C47H44N2O6. The number of carbonyl (C=O) groups excluding carboxylic acids is 2. The first-order valence-electron chi connectivity index (χ1n) is 18.3. The molecule has 6 aromatic carbocycles. The van der Waals surface area contributed by atoms with Crippen LogP contribution in [0.25, 0.3) is 11.1 Å². The third-order valence-corrected chi connectivity index (χ3v) is 10.1. The Labute approximate surface area is 322 Å². The molecule has 1 aliphatic carbocycles. The molecule has 8 heteroatoms. The Kier molecular flexibility index (Phi) is 11.1. The molecule has 0 heterocycles. The lowest BCUT2D eigenvalue weighted by Gasteiger charge is -2.23. The first kappa shape index (κ1) is 36.8. The van der Waals surface area contributed by atoms with Gasteiger partial charge in [-0.15, -0.1) is 0 Å². The van der Waals surface area contributed by atoms with Gasteiger partial charge in [0.25, 0.3) is 5.91 Å². The van der Waals surface area contributed by atoms with Crippen LogP contribution in [0.15, 0.2) is 140 Å². The van der Waals surface area contributed by atoms with E-state index in [1.54, 1.807) is 32.4 Å². The van der Waals surface area contributed by atoms with Gasteiger partial charge in [0.15, 0.2) is 6.61 Å². The quantitative estimate of drug-likeness (QED) is 0.123. The topological polar surface area (TPSA) is 95.1 Å². The Balaban J connectivity index is 1.06. The van der Waals surface area contributed by atoms with Crippen LogP contribution >= 0.6 is 0 Å². The van der Waals surface area contributed by atoms with Gasteiger partial charge < -0.3 is 29.6 Å². The van der Waals surface area contributed by atoms with Crippen LogP contribution in [0.1, 0.15) is 62.5 Å². The van der Waals surface area contributed by atoms with Gasteiger partial charge in [0.1, 0.15) is 23.9 Å². The smallest absolute Gasteiger partial charge is 0.407 e. The van der Waals surface area contributed by atoms with Gasteiger partial charge in [-0.05, 0) is 77.1 Å². The SMILES string of the molecule is COc1ccc(C(NC(=O)OCC2c3ccccc3-c3ccccc32)c2ccc(OCC(=O)NC(c3ccc(C)cc3)c3ccc(C)cc3)cc2)c(OC)c1. The summed E-state index contributed by atoms with van der Waals surface area (Å²) in [6, 6.07) is 44.5. The fraction of sp³-hybridized carbons (Fsp3) is 0.191. The molecule has 0 saturated carbocycles. The molecule has 7 rings (SSSR count). The number of fused-ring (bicyclic) bond motifs is 3. The summed E-state index contributed by atoms with van der Waals surface area (Å²) >= 11 is 0. The van der Waals surface area contributed by atoms with Crippen molar-refractivity contribution in [1.29, 1.82) is 0 Å². The summed E-state index contributed by atoms with van der Waals surface area (Å²) in [6.45, 7) is 4.07. The third kappa shape index (κ3) is 8.34. The second-order valence-corrected chi connectivity index (χ2v) is 13.7. The molecule has 0 radical (unpaired) electrons. The van der Waals surface area contributed by atoms with E-state index >= 15 is 0 Å². The van der Waals surface area contributed by atoms with Crippen molar-refractivity contribution >= 4 is 12.0 Å². The molecule has 0 saturated heterocycles. The van der Waals surface area contributed by atoms with Crippen molar-refractivity contribution in [3.8, 4) is 28.4 Å². The van der Waals surface area contributed by atoms with Gasteiger partial charge in [-0.1, -0.05) is 120 Å². The summed E-state index contributed by atoms with van der Waals surface area (Å²) in [4.78, 5) is 26.9. The van der Waals surface area contributed by atoms with Gasteiger partial charge in [-0.2, -0.15) is 0 Å². The van der Waals surface area contributed by atoms with E-state index in [1.165, 1.54) is 0 Å². The zero-order valence-corrected chi connectivity index (χ0v) is 31.4. The van der Waals surface area contributed by atoms with Crippen LogP contribution in [0, 0.1) is 13.8 Å². The first-order valence-corrected chi connectivity index (χ1v) is 18.3. The Morgan fingerprint density at radius 3 is 1.69 bits per heavy atom. The fourth-order valence-corrected chi connectivity index (χ4v) is 7.14. The third-order valence-electron chi connectivity index (χ3n) is 10.1. The molecule has 0 aromatic heterocycles. The molecule has 8 nitrogen and oxygen atoms in total. The second-order valence-electron chi connectivity index (χ2n) is 13.7. The van der Waals surface area contributed by atoms with Crippen LogP contribution in [0.3, 0.4) is 0 Å². The average molecular weight is 733 g/mol. The Morgan fingerprint density at radius 2 is 1.13 bits per heavy atom. The van der Waals surface area contributed by atoms with Crippen molar-refractivity contribution in [2.24, 2.45) is 0 Å². The van der Waals surface area contributed by atoms with Gasteiger partial charge in [0.05, 0.1) is 26.3 Å². The first-order chi connectivity index (χ1) is 26.8. The Bertz CT molecular complexity index is 2180. The van der Waals surface area contributed by atoms with E-state index < -0.39 is 12.1 Å². The minimum absolute atomic E-state index is 0.0789. The normalized spacial score (nSPS) is 12.3. The molecule has 2 N–H and O–H groups in total. The number of aryl methyl sites for hydroxylation is 2. The van der Waals surface area contributed by atoms with Gasteiger partial charge >= 0.3 is 6.09 Å². The lowest BCUT2D eigenvalue weighted by molar-refractivity contribution is -0.123. The fourth-order valence-electron chi connectivity index (χ4n) is 7.14. The molecule has 0 bridgehead atoms. The van der Waals surface area contributed by atoms with Gasteiger partial charge in [0.2, 0.25) is 0 Å². The molecule has 278 valence electrons. The Morgan fingerprint density at radius 1 is 0.600 bits per heavy atom. The minimum Gasteiger partial charge on any atom is -0.497 e. The number of benzene rings is 6. The van der Waals surface area contributed by atoms with E-state index in [1.807, 2.05) is 111 Å². The van der Waals surface area contributed by atoms with E-state index in [0.717, 1.165) is 50.1 Å². The van der Waals surface area contributed by atoms with Crippen molar-refractivity contribution in [3.05, 3.63) is 184 Å². The number of hydrogen-bond donors (Lipinski definition) is 2. The summed E-state index contributed by atoms with van der Waals surface area (Å²) in [7, 11) is 3.16. The molecule has 0 aliphatic heterocycles. The maximum absolute atomic E-state index is 13.6. The van der Waals surface area contributed by atoms with Crippen molar-refractivity contribution in [2.75, 3.05) is 27.4 Å². The average Bonchev–Trinajstić information content (AvgIpc) is 3.54. The van der Waals surface area contributed by atoms with Crippen molar-refractivity contribution < 1.29 is 28.5 Å². The summed E-state index contributed by atoms with van der Waals surface area (Å²) < 4.78 is 23.1. The van der Waals surface area contributed by atoms with E-state index in [0.29, 0.717) is 22.8 Å². The molecule has 2 amide bonds. The summed E-state index contributed by atoms with van der Waals surface area (Å²) in [5, 5.41) is 6.22. The minimum atomic E-state index is -0.640. The zero-order chi connectivity index (χ0) is 38.3. The van der Waals surface area contributed by atoms with Gasteiger partial charge in [-0.3, -0.25) is 4.79 Å². The molecule has 1 aliphatic rings. The predicted octanol–water partition coefficient (Wildman–Crippen LogP) is 9.23. The summed E-state index contributed by atoms with van der Waals surface area (Å²) in [5.41, 5.74) is 10.3. The monoisotopic (exact) mass is 732 g/mol. The van der Waals surface area contributed by atoms with E-state index in [2.05, 4.69) is 34.9 Å². The van der Waals surface area contributed by atoms with Crippen LogP contribution in [0.2, 0.25) is 0 Å². The van der Waals surface area contributed by atoms with Crippen LogP contribution in [-0.2, 0) is 9.53 Å². The standard InChI is InChI=1S/C47H44N2O6/c1-30-13-17-32(18-14-30)45(33-19-15-31(2)16-20-33)48-44(50)29-54-35-23-21-34(22-24-35)46(41-26-25-36(52-3)27-43(41)53-4)49-47(51)55-28-42-39-11-7-5-9-37(39)38-10-6-8-12-40(38)42/h5-27,42,45-46H,28-29H2,1-4H3,(H,48,50)(H,49,51). The lowest BCUT2D eigenvalue weighted by Crippen LogP contribution is -2.33. The maximum atomic E-state index is 13.6. The molecule has 0 fully saturated rings. The van der Waals surface area contributed by atoms with Crippen LogP contribution in [0.5, 0.6) is 17.2 Å². The van der Waals surface area contributed by atoms with E-state index in [-0.39, 0.29) is 31.1 Å². The Hall–Kier alpha value is -6.54.